The van der Waals surface area contributed by atoms with Crippen molar-refractivity contribution in [3.63, 3.8) is 0 Å². The smallest absolute Gasteiger partial charge is 0.352 e. The first-order valence-corrected chi connectivity index (χ1v) is 21.5. The number of esters is 2. The van der Waals surface area contributed by atoms with Crippen LogP contribution in [0.2, 0.25) is 0 Å². The summed E-state index contributed by atoms with van der Waals surface area (Å²) in [6.07, 6.45) is 4.69. The van der Waals surface area contributed by atoms with Gasteiger partial charge >= 0.3 is 17.9 Å². The van der Waals surface area contributed by atoms with Gasteiger partial charge < -0.3 is 35.4 Å². The predicted octanol–water partition coefficient (Wildman–Crippen LogP) is 3.70. The maximum Gasteiger partial charge on any atom is 0.352 e. The van der Waals surface area contributed by atoms with Gasteiger partial charge in [0.15, 0.2) is 0 Å². The zero-order valence-electron chi connectivity index (χ0n) is 32.4. The van der Waals surface area contributed by atoms with Crippen molar-refractivity contribution in [1.82, 2.24) is 25.8 Å². The van der Waals surface area contributed by atoms with Crippen LogP contribution >= 0.6 is 23.5 Å². The number of β-lactam (4-membered cyclic amide) rings is 1. The first-order chi connectivity index (χ1) is 28.1. The average molecular weight is 832 g/mol. The average Bonchev–Trinajstić information content (AvgIpc) is 3.87. The quantitative estimate of drug-likeness (QED) is 0.0402. The number of likely N-dealkylation sites (tertiary alicyclic amines) is 1. The Kier molecular flexibility index (Phi) is 14.9. The molecule has 14 nitrogen and oxygen atoms in total. The van der Waals surface area contributed by atoms with E-state index in [9.17, 15) is 33.9 Å². The molecular formula is C42H49N5O9S2. The van der Waals surface area contributed by atoms with Crippen LogP contribution in [-0.4, -0.2) is 112 Å². The molecule has 4 aliphatic heterocycles. The molecule has 0 aliphatic carbocycles. The van der Waals surface area contributed by atoms with Gasteiger partial charge in [0.1, 0.15) is 23.7 Å². The number of benzene rings is 2. The SMILES string of the molecule is C=CCOC(=O)CNCc1ccc([C@H]2C[C@H](N3CC/C(=C(\C(=O)OCCCCC)C4=C(C(=O)O)N5C(=O)[C@@H](NC(=O)CSc6ccccc6)[C@H]5SC4)C3=O)CN2)cc1. The molecule has 4 N–H and O–H groups in total. The Morgan fingerprint density at radius 3 is 2.57 bits per heavy atom. The molecule has 2 aromatic rings. The van der Waals surface area contributed by atoms with E-state index in [1.807, 2.05) is 61.5 Å². The summed E-state index contributed by atoms with van der Waals surface area (Å²) in [6, 6.07) is 16.2. The number of unbranched alkanes of at least 4 members (excludes halogenated alkanes) is 2. The Balaban J connectivity index is 1.16. The lowest BCUT2D eigenvalue weighted by molar-refractivity contribution is -0.150. The van der Waals surface area contributed by atoms with Gasteiger partial charge in [0.2, 0.25) is 5.91 Å². The van der Waals surface area contributed by atoms with Gasteiger partial charge in [0, 0.05) is 53.5 Å². The molecule has 16 heteroatoms. The molecule has 3 amide bonds. The number of carboxylic acid groups (broad SMARTS) is 1. The topological polar surface area (TPSA) is 184 Å². The molecule has 0 bridgehead atoms. The largest absolute Gasteiger partial charge is 0.477 e. The second-order valence-electron chi connectivity index (χ2n) is 14.3. The number of carboxylic acids is 1. The standard InChI is InChI=1S/C42H49N5O9S2/c1-3-5-9-19-56-42(54)35(31-24-58-40-36(39(51)47(40)37(31)41(52)53)45-33(48)25-57-29-10-7-6-8-11-29)30-16-17-46(38(30)50)28-20-32(44-22-28)27-14-12-26(13-15-27)21-43-23-34(49)55-18-4-2/h4,6-8,10-15,28,32,36,40,43-44H,2-3,5,9,16-25H2,1H3,(H,45,48)(H,52,53)/b35-30+/t28-,32+,36+,40+/m0/s1. The van der Waals surface area contributed by atoms with Gasteiger partial charge in [0.25, 0.3) is 11.8 Å². The number of nitrogens with one attached hydrogen (secondary N) is 3. The van der Waals surface area contributed by atoms with E-state index >= 15 is 0 Å². The molecule has 3 fully saturated rings. The van der Waals surface area contributed by atoms with Crippen LogP contribution in [0.1, 0.15) is 56.2 Å². The summed E-state index contributed by atoms with van der Waals surface area (Å²) in [6.45, 7) is 7.26. The van der Waals surface area contributed by atoms with E-state index in [0.717, 1.165) is 33.8 Å². The molecule has 6 rings (SSSR count). The van der Waals surface area contributed by atoms with Crippen molar-refractivity contribution < 1.29 is 43.3 Å². The molecular weight excluding hydrogens is 783 g/mol. The van der Waals surface area contributed by atoms with E-state index in [0.29, 0.717) is 32.5 Å². The van der Waals surface area contributed by atoms with Crippen LogP contribution < -0.4 is 16.0 Å². The summed E-state index contributed by atoms with van der Waals surface area (Å²) in [5.74, 6) is -3.76. The summed E-state index contributed by atoms with van der Waals surface area (Å²) >= 11 is 2.56. The Morgan fingerprint density at radius 1 is 1.07 bits per heavy atom. The Morgan fingerprint density at radius 2 is 1.84 bits per heavy atom. The first-order valence-electron chi connectivity index (χ1n) is 19.5. The van der Waals surface area contributed by atoms with Crippen LogP contribution in [0.5, 0.6) is 0 Å². The number of carbonyl (C=O) groups is 6. The van der Waals surface area contributed by atoms with Gasteiger partial charge in [-0.2, -0.15) is 0 Å². The van der Waals surface area contributed by atoms with Gasteiger partial charge in [0.05, 0.1) is 24.5 Å². The Labute approximate surface area is 346 Å². The van der Waals surface area contributed by atoms with Gasteiger partial charge in [-0.1, -0.05) is 74.9 Å². The van der Waals surface area contributed by atoms with Gasteiger partial charge in [-0.25, -0.2) is 9.59 Å². The van der Waals surface area contributed by atoms with Crippen molar-refractivity contribution in [2.24, 2.45) is 0 Å². The minimum Gasteiger partial charge on any atom is -0.477 e. The second-order valence-corrected chi connectivity index (χ2v) is 16.5. The monoisotopic (exact) mass is 831 g/mol. The van der Waals surface area contributed by atoms with E-state index in [2.05, 4.69) is 22.5 Å². The number of amides is 3. The van der Waals surface area contributed by atoms with E-state index in [4.69, 9.17) is 9.47 Å². The zero-order valence-corrected chi connectivity index (χ0v) is 34.0. The maximum atomic E-state index is 14.3. The van der Waals surface area contributed by atoms with Crippen LogP contribution in [-0.2, 0) is 44.8 Å². The number of hydrogen-bond acceptors (Lipinski definition) is 12. The number of nitrogens with zero attached hydrogens (tertiary/aromatic N) is 2. The first kappa shape index (κ1) is 42.7. The zero-order chi connectivity index (χ0) is 41.2. The normalized spacial score (nSPS) is 22.3. The number of hydrogen-bond donors (Lipinski definition) is 4. The van der Waals surface area contributed by atoms with Crippen LogP contribution in [0.3, 0.4) is 0 Å². The molecule has 0 unspecified atom stereocenters. The molecule has 0 spiro atoms. The van der Waals surface area contributed by atoms with Crippen molar-refractivity contribution in [3.05, 3.63) is 101 Å². The van der Waals surface area contributed by atoms with Crippen LogP contribution in [0.25, 0.3) is 0 Å². The van der Waals surface area contributed by atoms with Crippen LogP contribution in [0.15, 0.2) is 94.6 Å². The lowest BCUT2D eigenvalue weighted by Crippen LogP contribution is -2.70. The molecule has 0 radical (unpaired) electrons. The van der Waals surface area contributed by atoms with Gasteiger partial charge in [-0.15, -0.1) is 23.5 Å². The van der Waals surface area contributed by atoms with Crippen molar-refractivity contribution in [3.8, 4) is 0 Å². The summed E-state index contributed by atoms with van der Waals surface area (Å²) in [5, 5.41) is 19.2. The highest BCUT2D eigenvalue weighted by Crippen LogP contribution is 2.44. The summed E-state index contributed by atoms with van der Waals surface area (Å²) in [5.41, 5.74) is 1.83. The highest BCUT2D eigenvalue weighted by atomic mass is 32.2. The van der Waals surface area contributed by atoms with E-state index < -0.39 is 29.3 Å². The minimum absolute atomic E-state index is 0.0232. The fourth-order valence-electron chi connectivity index (χ4n) is 7.49. The lowest BCUT2D eigenvalue weighted by atomic mass is 9.94. The second kappa shape index (κ2) is 20.2. The fraction of sp³-hybridized carbons (Fsp3) is 0.429. The highest BCUT2D eigenvalue weighted by Gasteiger charge is 2.55. The van der Waals surface area contributed by atoms with E-state index in [1.54, 1.807) is 4.90 Å². The Bertz CT molecular complexity index is 1950. The van der Waals surface area contributed by atoms with Crippen LogP contribution in [0.4, 0.5) is 0 Å². The molecule has 58 heavy (non-hydrogen) atoms. The number of thioether (sulfide) groups is 2. The van der Waals surface area contributed by atoms with Gasteiger partial charge in [-0.3, -0.25) is 24.1 Å². The number of aliphatic carboxylic acids is 1. The third-order valence-electron chi connectivity index (χ3n) is 10.4. The predicted molar refractivity (Wildman–Crippen MR) is 219 cm³/mol. The van der Waals surface area contributed by atoms with E-state index in [-0.39, 0.29) is 90.0 Å². The number of fused-ring (bicyclic) bond motifs is 1. The number of ether oxygens (including phenoxy) is 2. The third-order valence-corrected chi connectivity index (χ3v) is 12.7. The molecule has 2 aromatic carbocycles. The van der Waals surface area contributed by atoms with Crippen LogP contribution in [0, 0.1) is 0 Å². The molecule has 0 aromatic heterocycles. The molecule has 4 atom stereocenters. The molecule has 4 aliphatic rings. The number of rotatable bonds is 19. The summed E-state index contributed by atoms with van der Waals surface area (Å²) < 4.78 is 10.7. The molecule has 3 saturated heterocycles. The molecule has 4 heterocycles. The summed E-state index contributed by atoms with van der Waals surface area (Å²) in [7, 11) is 0. The molecule has 0 saturated carbocycles. The summed E-state index contributed by atoms with van der Waals surface area (Å²) in [4.78, 5) is 83.0. The minimum atomic E-state index is -1.41. The van der Waals surface area contributed by atoms with Crippen molar-refractivity contribution >= 4 is 59.2 Å². The maximum absolute atomic E-state index is 14.3. The lowest BCUT2D eigenvalue weighted by Gasteiger charge is -2.49. The third kappa shape index (κ3) is 10.0. The van der Waals surface area contributed by atoms with E-state index in [1.165, 1.54) is 29.6 Å². The van der Waals surface area contributed by atoms with Crippen molar-refractivity contribution in [1.29, 1.82) is 0 Å². The van der Waals surface area contributed by atoms with Crippen molar-refractivity contribution in [2.75, 3.05) is 44.4 Å². The Hall–Kier alpha value is -4.90. The van der Waals surface area contributed by atoms with Gasteiger partial charge in [-0.05, 0) is 42.5 Å². The fourth-order valence-corrected chi connectivity index (χ4v) is 9.58. The molecule has 308 valence electrons. The highest BCUT2D eigenvalue weighted by molar-refractivity contribution is 8.00. The number of carbonyl (C=O) groups excluding carboxylic acids is 5. The van der Waals surface area contributed by atoms with Crippen molar-refractivity contribution in [2.45, 2.75) is 74.0 Å².